The molecule has 3 aromatic rings. The minimum atomic E-state index is -0.893. The van der Waals surface area contributed by atoms with Crippen molar-refractivity contribution in [1.82, 2.24) is 4.57 Å². The third kappa shape index (κ3) is 4.49. The molecule has 202 valence electrons. The van der Waals surface area contributed by atoms with Crippen molar-refractivity contribution < 1.29 is 23.8 Å². The number of benzene rings is 2. The summed E-state index contributed by atoms with van der Waals surface area (Å²) >= 11 is 4.73. The lowest BCUT2D eigenvalue weighted by molar-refractivity contribution is -0.139. The number of aryl methyl sites for hydroxylation is 1. The molecule has 0 saturated heterocycles. The number of esters is 1. The summed E-state index contributed by atoms with van der Waals surface area (Å²) < 4.78 is 19.0. The van der Waals surface area contributed by atoms with Crippen molar-refractivity contribution in [2.75, 3.05) is 25.6 Å². The summed E-state index contributed by atoms with van der Waals surface area (Å²) in [5, 5.41) is 2.85. The zero-order valence-corrected chi connectivity index (χ0v) is 24.4. The number of hydrogen-bond acceptors (Lipinski definition) is 8. The quantitative estimate of drug-likeness (QED) is 0.427. The monoisotopic (exact) mass is 611 g/mol. The van der Waals surface area contributed by atoms with Crippen LogP contribution in [-0.2, 0) is 14.3 Å². The maximum Gasteiger partial charge on any atom is 0.338 e. The Kier molecular flexibility index (Phi) is 7.21. The Morgan fingerprint density at radius 1 is 1.13 bits per heavy atom. The number of halogens is 1. The van der Waals surface area contributed by atoms with Gasteiger partial charge in [-0.05, 0) is 57.5 Å². The van der Waals surface area contributed by atoms with Crippen molar-refractivity contribution in [2.24, 2.45) is 4.99 Å². The highest BCUT2D eigenvalue weighted by atomic mass is 79.9. The molecule has 0 unspecified atom stereocenters. The van der Waals surface area contributed by atoms with Gasteiger partial charge in [0, 0.05) is 15.7 Å². The van der Waals surface area contributed by atoms with Crippen LogP contribution in [0.4, 0.5) is 5.69 Å². The van der Waals surface area contributed by atoms with Crippen LogP contribution in [0.5, 0.6) is 11.5 Å². The Bertz CT molecular complexity index is 1750. The van der Waals surface area contributed by atoms with Crippen LogP contribution < -0.4 is 29.7 Å². The second kappa shape index (κ2) is 10.5. The fourth-order valence-electron chi connectivity index (χ4n) is 4.83. The van der Waals surface area contributed by atoms with E-state index in [1.165, 1.54) is 11.7 Å². The van der Waals surface area contributed by atoms with Crippen molar-refractivity contribution in [3.8, 4) is 11.5 Å². The van der Waals surface area contributed by atoms with Gasteiger partial charge in [-0.2, -0.15) is 0 Å². The number of amides is 1. The molecule has 0 saturated carbocycles. The SMILES string of the molecule is CCOC(=O)C1=C(C)N=c2s/c(=C3\C(=O)Nc4ccc(C)cc43)c(=O)n2[C@H]1c1cc(OCC)c(OC)cc1Br. The Hall–Kier alpha value is -3.70. The summed E-state index contributed by atoms with van der Waals surface area (Å²) in [7, 11) is 1.54. The van der Waals surface area contributed by atoms with Gasteiger partial charge in [0.05, 0.1) is 43.2 Å². The lowest BCUT2D eigenvalue weighted by Crippen LogP contribution is -2.40. The molecule has 0 aliphatic carbocycles. The van der Waals surface area contributed by atoms with E-state index in [1.54, 1.807) is 26.0 Å². The largest absolute Gasteiger partial charge is 0.493 e. The fraction of sp³-hybridized carbons (Fsp3) is 0.286. The van der Waals surface area contributed by atoms with E-state index < -0.39 is 17.6 Å². The summed E-state index contributed by atoms with van der Waals surface area (Å²) in [6, 6.07) is 8.19. The molecule has 1 N–H and O–H groups in total. The number of allylic oxidation sites excluding steroid dienone is 1. The molecular weight excluding hydrogens is 586 g/mol. The van der Waals surface area contributed by atoms with Crippen molar-refractivity contribution >= 4 is 50.4 Å². The van der Waals surface area contributed by atoms with E-state index >= 15 is 0 Å². The zero-order valence-electron chi connectivity index (χ0n) is 22.0. The second-order valence-corrected chi connectivity index (χ2v) is 10.8. The molecule has 1 amide bonds. The van der Waals surface area contributed by atoms with E-state index in [0.29, 0.717) is 55.5 Å². The van der Waals surface area contributed by atoms with Gasteiger partial charge in [-0.1, -0.05) is 38.9 Å². The minimum Gasteiger partial charge on any atom is -0.493 e. The Balaban J connectivity index is 1.85. The van der Waals surface area contributed by atoms with Crippen LogP contribution in [0.25, 0.3) is 5.57 Å². The molecule has 11 heteroatoms. The highest BCUT2D eigenvalue weighted by molar-refractivity contribution is 9.10. The number of nitrogens with zero attached hydrogens (tertiary/aromatic N) is 2. The topological polar surface area (TPSA) is 108 Å². The smallest absolute Gasteiger partial charge is 0.338 e. The molecule has 1 atom stereocenters. The van der Waals surface area contributed by atoms with E-state index in [0.717, 1.165) is 16.9 Å². The van der Waals surface area contributed by atoms with Crippen LogP contribution >= 0.6 is 27.3 Å². The number of anilines is 1. The Morgan fingerprint density at radius 2 is 1.90 bits per heavy atom. The van der Waals surface area contributed by atoms with Gasteiger partial charge < -0.3 is 19.5 Å². The van der Waals surface area contributed by atoms with Gasteiger partial charge in [-0.3, -0.25) is 14.2 Å². The molecule has 0 radical (unpaired) electrons. The van der Waals surface area contributed by atoms with E-state index in [4.69, 9.17) is 14.2 Å². The van der Waals surface area contributed by atoms with Gasteiger partial charge in [0.15, 0.2) is 16.3 Å². The molecule has 3 heterocycles. The molecule has 0 fully saturated rings. The minimum absolute atomic E-state index is 0.154. The predicted molar refractivity (Wildman–Crippen MR) is 151 cm³/mol. The van der Waals surface area contributed by atoms with Crippen molar-refractivity contribution in [3.63, 3.8) is 0 Å². The van der Waals surface area contributed by atoms with Gasteiger partial charge in [0.25, 0.3) is 11.5 Å². The highest BCUT2D eigenvalue weighted by Gasteiger charge is 2.36. The first-order chi connectivity index (χ1) is 18.7. The van der Waals surface area contributed by atoms with Crippen LogP contribution in [-0.4, -0.2) is 36.8 Å². The molecule has 1 aromatic heterocycles. The van der Waals surface area contributed by atoms with E-state index in [9.17, 15) is 14.4 Å². The zero-order chi connectivity index (χ0) is 28.0. The molecule has 2 aliphatic rings. The summed E-state index contributed by atoms with van der Waals surface area (Å²) in [4.78, 5) is 45.5. The van der Waals surface area contributed by atoms with Gasteiger partial charge in [-0.25, -0.2) is 9.79 Å². The number of carbonyl (C=O) groups is 2. The third-order valence-corrected chi connectivity index (χ3v) is 8.26. The first-order valence-corrected chi connectivity index (χ1v) is 14.0. The molecule has 0 bridgehead atoms. The van der Waals surface area contributed by atoms with Crippen molar-refractivity contribution in [1.29, 1.82) is 0 Å². The van der Waals surface area contributed by atoms with E-state index in [-0.39, 0.29) is 22.6 Å². The lowest BCUT2D eigenvalue weighted by atomic mass is 9.95. The lowest BCUT2D eigenvalue weighted by Gasteiger charge is -2.26. The first-order valence-electron chi connectivity index (χ1n) is 12.3. The van der Waals surface area contributed by atoms with Crippen molar-refractivity contribution in [3.05, 3.63) is 82.5 Å². The van der Waals surface area contributed by atoms with Gasteiger partial charge in [0.2, 0.25) is 0 Å². The van der Waals surface area contributed by atoms with E-state index in [1.807, 2.05) is 32.0 Å². The molecule has 2 aliphatic heterocycles. The number of nitrogens with one attached hydrogen (secondary N) is 1. The summed E-state index contributed by atoms with van der Waals surface area (Å²) in [6.07, 6.45) is 0. The predicted octanol–water partition coefficient (Wildman–Crippen LogP) is 3.60. The van der Waals surface area contributed by atoms with Gasteiger partial charge in [0.1, 0.15) is 4.53 Å². The van der Waals surface area contributed by atoms with Crippen LogP contribution in [0.1, 0.15) is 43.5 Å². The molecule has 0 spiro atoms. The fourth-order valence-corrected chi connectivity index (χ4v) is 6.51. The molecular formula is C28H26BrN3O6S. The highest BCUT2D eigenvalue weighted by Crippen LogP contribution is 2.41. The first kappa shape index (κ1) is 26.9. The summed E-state index contributed by atoms with van der Waals surface area (Å²) in [6.45, 7) is 7.74. The number of hydrogen-bond donors (Lipinski definition) is 1. The Morgan fingerprint density at radius 3 is 2.59 bits per heavy atom. The standard InChI is InChI=1S/C28H26BrN3O6S/c1-6-37-20-11-15(17(29)12-19(20)36-5)23-21(27(35)38-7-2)14(4)30-28-32(23)26(34)24(39-28)22-16-10-13(3)8-9-18(16)31-25(22)33/h8-12,23H,6-7H2,1-5H3,(H,31,33)/b24-22-/t23-/m0/s1. The van der Waals surface area contributed by atoms with Gasteiger partial charge >= 0.3 is 5.97 Å². The molecule has 2 aromatic carbocycles. The van der Waals surface area contributed by atoms with E-state index in [2.05, 4.69) is 26.2 Å². The number of thiazole rings is 1. The normalized spacial score (nSPS) is 17.3. The number of ether oxygens (including phenoxy) is 3. The average molecular weight is 613 g/mol. The average Bonchev–Trinajstić information content (AvgIpc) is 3.38. The number of fused-ring (bicyclic) bond motifs is 2. The van der Waals surface area contributed by atoms with Crippen LogP contribution in [0, 0.1) is 6.92 Å². The van der Waals surface area contributed by atoms with Crippen LogP contribution in [0.15, 0.2) is 55.9 Å². The maximum absolute atomic E-state index is 14.2. The van der Waals surface area contributed by atoms with Gasteiger partial charge in [-0.15, -0.1) is 0 Å². The number of methoxy groups -OCH3 is 1. The van der Waals surface area contributed by atoms with Crippen LogP contribution in [0.2, 0.25) is 0 Å². The summed E-state index contributed by atoms with van der Waals surface area (Å²) in [5.74, 6) is 0.0145. The molecule has 39 heavy (non-hydrogen) atoms. The molecule has 9 nitrogen and oxygen atoms in total. The van der Waals surface area contributed by atoms with Crippen molar-refractivity contribution in [2.45, 2.75) is 33.7 Å². The molecule has 5 rings (SSSR count). The number of aromatic nitrogens is 1. The Labute approximate surface area is 236 Å². The third-order valence-electron chi connectivity index (χ3n) is 6.52. The summed E-state index contributed by atoms with van der Waals surface area (Å²) in [5.41, 5.74) is 3.35. The second-order valence-electron chi connectivity index (χ2n) is 8.96. The number of rotatable bonds is 6. The van der Waals surface area contributed by atoms with Crippen LogP contribution in [0.3, 0.4) is 0 Å². The number of carbonyl (C=O) groups excluding carboxylic acids is 2. The maximum atomic E-state index is 14.2.